The number of nitrogens with one attached hydrogen (secondary N) is 1. The van der Waals surface area contributed by atoms with Crippen LogP contribution in [0.25, 0.3) is 0 Å². The fraction of sp³-hybridized carbons (Fsp3) is 0.300. The first kappa shape index (κ1) is 20.1. The Morgan fingerprint density at radius 2 is 1.85 bits per heavy atom. The van der Waals surface area contributed by atoms with Gasteiger partial charge >= 0.3 is 5.97 Å². The van der Waals surface area contributed by atoms with Gasteiger partial charge in [-0.15, -0.1) is 0 Å². The quantitative estimate of drug-likeness (QED) is 0.622. The number of benzene rings is 2. The molecule has 0 aromatic heterocycles. The Bertz CT molecular complexity index is 790. The normalized spacial score (nSPS) is 10.1. The highest BCUT2D eigenvalue weighted by Crippen LogP contribution is 2.28. The Morgan fingerprint density at radius 3 is 2.56 bits per heavy atom. The first-order valence-corrected chi connectivity index (χ1v) is 8.58. The third kappa shape index (κ3) is 6.54. The molecule has 0 fully saturated rings. The SMILES string of the molecule is CCOc1cc(C(=O)NCCOc2cccc(C)c2)ccc1OCC(=O)O. The number of rotatable bonds is 10. The zero-order valence-electron chi connectivity index (χ0n) is 15.4. The van der Waals surface area contributed by atoms with Crippen molar-refractivity contribution in [1.82, 2.24) is 5.32 Å². The zero-order chi connectivity index (χ0) is 19.6. The van der Waals surface area contributed by atoms with Crippen molar-refractivity contribution in [2.75, 3.05) is 26.4 Å². The van der Waals surface area contributed by atoms with Crippen LogP contribution in [0.4, 0.5) is 0 Å². The molecule has 0 radical (unpaired) electrons. The summed E-state index contributed by atoms with van der Waals surface area (Å²) >= 11 is 0. The first-order valence-electron chi connectivity index (χ1n) is 8.58. The van der Waals surface area contributed by atoms with Gasteiger partial charge < -0.3 is 24.6 Å². The molecule has 0 aliphatic carbocycles. The predicted octanol–water partition coefficient (Wildman–Crippen LogP) is 2.67. The van der Waals surface area contributed by atoms with Crippen molar-refractivity contribution in [2.24, 2.45) is 0 Å². The number of amides is 1. The van der Waals surface area contributed by atoms with Gasteiger partial charge in [0.15, 0.2) is 18.1 Å². The highest BCUT2D eigenvalue weighted by Gasteiger charge is 2.12. The van der Waals surface area contributed by atoms with Gasteiger partial charge in [-0.1, -0.05) is 12.1 Å². The summed E-state index contributed by atoms with van der Waals surface area (Å²) in [6.45, 7) is 4.33. The number of aliphatic carboxylic acids is 1. The Kier molecular flexibility index (Phi) is 7.49. The largest absolute Gasteiger partial charge is 0.492 e. The van der Waals surface area contributed by atoms with Gasteiger partial charge in [0.2, 0.25) is 0 Å². The molecular formula is C20H23NO6. The molecule has 1 amide bonds. The lowest BCUT2D eigenvalue weighted by Gasteiger charge is -2.13. The summed E-state index contributed by atoms with van der Waals surface area (Å²) < 4.78 is 16.2. The molecule has 0 heterocycles. The van der Waals surface area contributed by atoms with E-state index in [1.807, 2.05) is 31.2 Å². The second kappa shape index (κ2) is 10.1. The van der Waals surface area contributed by atoms with Crippen LogP contribution in [-0.4, -0.2) is 43.3 Å². The number of aryl methyl sites for hydroxylation is 1. The van der Waals surface area contributed by atoms with Crippen molar-refractivity contribution in [2.45, 2.75) is 13.8 Å². The molecule has 7 heteroatoms. The van der Waals surface area contributed by atoms with E-state index in [1.54, 1.807) is 13.0 Å². The minimum absolute atomic E-state index is 0.276. The van der Waals surface area contributed by atoms with E-state index in [4.69, 9.17) is 19.3 Å². The molecule has 2 N–H and O–H groups in total. The topological polar surface area (TPSA) is 94.1 Å². The van der Waals surface area contributed by atoms with E-state index in [0.29, 0.717) is 31.1 Å². The minimum Gasteiger partial charge on any atom is -0.492 e. The third-order valence-electron chi connectivity index (χ3n) is 3.50. The van der Waals surface area contributed by atoms with E-state index in [-0.39, 0.29) is 11.7 Å². The summed E-state index contributed by atoms with van der Waals surface area (Å²) in [6, 6.07) is 12.3. The smallest absolute Gasteiger partial charge is 0.341 e. The number of carboxylic acid groups (broad SMARTS) is 1. The zero-order valence-corrected chi connectivity index (χ0v) is 15.4. The summed E-state index contributed by atoms with van der Waals surface area (Å²) in [5.41, 5.74) is 1.49. The van der Waals surface area contributed by atoms with E-state index < -0.39 is 12.6 Å². The Hall–Kier alpha value is -3.22. The highest BCUT2D eigenvalue weighted by molar-refractivity contribution is 5.94. The highest BCUT2D eigenvalue weighted by atomic mass is 16.5. The molecule has 0 atom stereocenters. The second-order valence-corrected chi connectivity index (χ2v) is 5.70. The van der Waals surface area contributed by atoms with Crippen molar-refractivity contribution in [3.8, 4) is 17.2 Å². The number of hydrogen-bond acceptors (Lipinski definition) is 5. The number of carboxylic acids is 1. The van der Waals surface area contributed by atoms with Crippen molar-refractivity contribution < 1.29 is 28.9 Å². The molecule has 7 nitrogen and oxygen atoms in total. The molecule has 2 aromatic carbocycles. The van der Waals surface area contributed by atoms with Gasteiger partial charge in [-0.25, -0.2) is 4.79 Å². The van der Waals surface area contributed by atoms with Gasteiger partial charge in [0.1, 0.15) is 12.4 Å². The molecule has 144 valence electrons. The molecule has 2 rings (SSSR count). The number of carbonyl (C=O) groups excluding carboxylic acids is 1. The number of ether oxygens (including phenoxy) is 3. The predicted molar refractivity (Wildman–Crippen MR) is 99.7 cm³/mol. The average molecular weight is 373 g/mol. The molecule has 0 saturated heterocycles. The van der Waals surface area contributed by atoms with Gasteiger partial charge in [-0.05, 0) is 49.7 Å². The van der Waals surface area contributed by atoms with Gasteiger partial charge in [-0.2, -0.15) is 0 Å². The molecule has 0 saturated carbocycles. The second-order valence-electron chi connectivity index (χ2n) is 5.70. The first-order chi connectivity index (χ1) is 13.0. The van der Waals surface area contributed by atoms with E-state index >= 15 is 0 Å². The van der Waals surface area contributed by atoms with Crippen LogP contribution in [0, 0.1) is 6.92 Å². The summed E-state index contributed by atoms with van der Waals surface area (Å²) in [5, 5.41) is 11.5. The Morgan fingerprint density at radius 1 is 1.04 bits per heavy atom. The van der Waals surface area contributed by atoms with E-state index in [1.165, 1.54) is 12.1 Å². The maximum absolute atomic E-state index is 12.3. The van der Waals surface area contributed by atoms with Gasteiger partial charge in [0, 0.05) is 5.56 Å². The summed E-state index contributed by atoms with van der Waals surface area (Å²) in [4.78, 5) is 22.9. The van der Waals surface area contributed by atoms with Crippen molar-refractivity contribution >= 4 is 11.9 Å². The van der Waals surface area contributed by atoms with Crippen LogP contribution in [0.5, 0.6) is 17.2 Å². The van der Waals surface area contributed by atoms with E-state index in [9.17, 15) is 9.59 Å². The third-order valence-corrected chi connectivity index (χ3v) is 3.50. The summed E-state index contributed by atoms with van der Waals surface area (Å²) in [5.74, 6) is -0.0229. The van der Waals surface area contributed by atoms with Crippen LogP contribution < -0.4 is 19.5 Å². The lowest BCUT2D eigenvalue weighted by atomic mass is 10.2. The van der Waals surface area contributed by atoms with Crippen molar-refractivity contribution in [1.29, 1.82) is 0 Å². The monoisotopic (exact) mass is 373 g/mol. The average Bonchev–Trinajstić information content (AvgIpc) is 2.64. The number of carbonyl (C=O) groups is 2. The summed E-state index contributed by atoms with van der Waals surface area (Å²) in [7, 11) is 0. The maximum atomic E-state index is 12.3. The molecule has 0 aliphatic rings. The van der Waals surface area contributed by atoms with Crippen LogP contribution in [0.2, 0.25) is 0 Å². The van der Waals surface area contributed by atoms with Crippen molar-refractivity contribution in [3.63, 3.8) is 0 Å². The van der Waals surface area contributed by atoms with Crippen LogP contribution in [0.3, 0.4) is 0 Å². The molecule has 0 spiro atoms. The van der Waals surface area contributed by atoms with E-state index in [0.717, 1.165) is 11.3 Å². The molecule has 2 aromatic rings. The lowest BCUT2D eigenvalue weighted by molar-refractivity contribution is -0.139. The van der Waals surface area contributed by atoms with Crippen molar-refractivity contribution in [3.05, 3.63) is 53.6 Å². The van der Waals surface area contributed by atoms with Gasteiger partial charge in [0.25, 0.3) is 5.91 Å². The van der Waals surface area contributed by atoms with Gasteiger partial charge in [-0.3, -0.25) is 4.79 Å². The van der Waals surface area contributed by atoms with Crippen LogP contribution in [-0.2, 0) is 4.79 Å². The minimum atomic E-state index is -1.09. The lowest BCUT2D eigenvalue weighted by Crippen LogP contribution is -2.28. The summed E-state index contributed by atoms with van der Waals surface area (Å²) in [6.07, 6.45) is 0. The Balaban J connectivity index is 1.90. The van der Waals surface area contributed by atoms with Gasteiger partial charge in [0.05, 0.1) is 13.2 Å². The van der Waals surface area contributed by atoms with Crippen LogP contribution in [0.15, 0.2) is 42.5 Å². The fourth-order valence-electron chi connectivity index (χ4n) is 2.32. The van der Waals surface area contributed by atoms with E-state index in [2.05, 4.69) is 5.32 Å². The molecule has 0 unspecified atom stereocenters. The molecular weight excluding hydrogens is 350 g/mol. The standard InChI is InChI=1S/C20H23NO6/c1-3-25-18-12-15(7-8-17(18)27-13-19(22)23)20(24)21-9-10-26-16-6-4-5-14(2)11-16/h4-8,11-12H,3,9-10,13H2,1-2H3,(H,21,24)(H,22,23). The molecule has 27 heavy (non-hydrogen) atoms. The fourth-order valence-corrected chi connectivity index (χ4v) is 2.32. The molecule has 0 bridgehead atoms. The molecule has 0 aliphatic heterocycles. The van der Waals surface area contributed by atoms with Crippen LogP contribution >= 0.6 is 0 Å². The Labute approximate surface area is 157 Å². The van der Waals surface area contributed by atoms with Crippen LogP contribution in [0.1, 0.15) is 22.8 Å². The number of hydrogen-bond donors (Lipinski definition) is 2. The maximum Gasteiger partial charge on any atom is 0.341 e.